The van der Waals surface area contributed by atoms with Crippen LogP contribution >= 0.6 is 22.7 Å². The van der Waals surface area contributed by atoms with E-state index >= 15 is 0 Å². The molecule has 0 fully saturated rings. The lowest BCUT2D eigenvalue weighted by atomic mass is 10.1. The molecule has 2 N–H and O–H groups in total. The number of benzene rings is 1. The number of thiazole rings is 1. The first-order chi connectivity index (χ1) is 14.6. The number of pyridine rings is 1. The van der Waals surface area contributed by atoms with Gasteiger partial charge < -0.3 is 10.1 Å². The molecule has 0 saturated heterocycles. The highest BCUT2D eigenvalue weighted by Gasteiger charge is 2.16. The van der Waals surface area contributed by atoms with Crippen LogP contribution in [-0.4, -0.2) is 32.7 Å². The first-order valence-corrected chi connectivity index (χ1v) is 10.9. The van der Waals surface area contributed by atoms with Gasteiger partial charge in [0.1, 0.15) is 5.75 Å². The Balaban J connectivity index is 1.33. The Bertz CT molecular complexity index is 1370. The van der Waals surface area contributed by atoms with Crippen LogP contribution in [0.1, 0.15) is 10.6 Å². The largest absolute Gasteiger partial charge is 0.483 e. The molecule has 1 aromatic carbocycles. The number of carbonyl (C=O) groups excluding carboxylic acids is 1. The monoisotopic (exact) mass is 435 g/mol. The second kappa shape index (κ2) is 7.51. The van der Waals surface area contributed by atoms with Crippen LogP contribution in [0.5, 0.6) is 5.75 Å². The van der Waals surface area contributed by atoms with Gasteiger partial charge in [-0.25, -0.2) is 4.98 Å². The number of anilines is 1. The van der Waals surface area contributed by atoms with E-state index in [0.29, 0.717) is 11.6 Å². The highest BCUT2D eigenvalue weighted by molar-refractivity contribution is 7.21. The molecule has 0 atom stereocenters. The summed E-state index contributed by atoms with van der Waals surface area (Å²) in [5.74, 6) is 0.910. The number of rotatable bonds is 5. The van der Waals surface area contributed by atoms with Crippen molar-refractivity contribution in [3.63, 3.8) is 0 Å². The van der Waals surface area contributed by atoms with Gasteiger partial charge in [0.15, 0.2) is 12.4 Å². The van der Waals surface area contributed by atoms with Gasteiger partial charge in [0.2, 0.25) is 0 Å². The zero-order chi connectivity index (χ0) is 20.7. The lowest BCUT2D eigenvalue weighted by molar-refractivity contribution is -0.118. The molecule has 0 saturated carbocycles. The van der Waals surface area contributed by atoms with E-state index in [1.165, 1.54) is 0 Å². The number of H-pyrrole nitrogens is 1. The summed E-state index contributed by atoms with van der Waals surface area (Å²) < 4.78 is 8.03. The van der Waals surface area contributed by atoms with Gasteiger partial charge in [-0.1, -0.05) is 0 Å². The number of amides is 1. The maximum atomic E-state index is 12.5. The minimum absolute atomic E-state index is 0.106. The number of nitrogens with one attached hydrogen (secondary N) is 2. The standard InChI is InChI=1S/C21H17N5O2S2/c1-11-18(13-3-6-22-7-4-13)25-26-21(11)24-17(27)10-28-15-9-16-19(23-12(2)30-16)20-14(15)5-8-29-20/h3-9H,10H2,1-2H3,(H2,24,25,26,27). The quantitative estimate of drug-likeness (QED) is 0.408. The molecule has 4 aromatic heterocycles. The molecule has 0 aliphatic rings. The van der Waals surface area contributed by atoms with Crippen molar-refractivity contribution in [2.45, 2.75) is 13.8 Å². The van der Waals surface area contributed by atoms with E-state index in [1.54, 1.807) is 35.1 Å². The molecule has 0 radical (unpaired) electrons. The third-order valence-electron chi connectivity index (χ3n) is 4.76. The lowest BCUT2D eigenvalue weighted by Crippen LogP contribution is -2.20. The molecule has 4 heterocycles. The molecule has 1 amide bonds. The topological polar surface area (TPSA) is 92.8 Å². The van der Waals surface area contributed by atoms with E-state index in [2.05, 4.69) is 25.5 Å². The van der Waals surface area contributed by atoms with Crippen LogP contribution < -0.4 is 10.1 Å². The molecule has 9 heteroatoms. The van der Waals surface area contributed by atoms with Gasteiger partial charge in [-0.2, -0.15) is 5.10 Å². The van der Waals surface area contributed by atoms with E-state index in [9.17, 15) is 4.79 Å². The Morgan fingerprint density at radius 1 is 1.23 bits per heavy atom. The van der Waals surface area contributed by atoms with Crippen molar-refractivity contribution in [3.8, 4) is 17.0 Å². The van der Waals surface area contributed by atoms with Crippen molar-refractivity contribution in [1.29, 1.82) is 0 Å². The van der Waals surface area contributed by atoms with Crippen molar-refractivity contribution in [3.05, 3.63) is 52.6 Å². The molecular weight excluding hydrogens is 418 g/mol. The molecule has 0 aliphatic carbocycles. The van der Waals surface area contributed by atoms with E-state index in [0.717, 1.165) is 42.1 Å². The molecule has 0 bridgehead atoms. The summed E-state index contributed by atoms with van der Waals surface area (Å²) in [5.41, 5.74) is 3.66. The normalized spacial score (nSPS) is 11.3. The third kappa shape index (κ3) is 3.31. The summed E-state index contributed by atoms with van der Waals surface area (Å²) in [6.07, 6.45) is 3.43. The van der Waals surface area contributed by atoms with Crippen molar-refractivity contribution < 1.29 is 9.53 Å². The number of thiophene rings is 1. The van der Waals surface area contributed by atoms with Gasteiger partial charge in [-0.05, 0) is 37.4 Å². The van der Waals surface area contributed by atoms with Crippen LogP contribution in [0.2, 0.25) is 0 Å². The van der Waals surface area contributed by atoms with Crippen molar-refractivity contribution in [2.75, 3.05) is 11.9 Å². The first-order valence-electron chi connectivity index (χ1n) is 9.25. The van der Waals surface area contributed by atoms with Crippen LogP contribution in [0.15, 0.2) is 42.0 Å². The highest BCUT2D eigenvalue weighted by Crippen LogP contribution is 2.38. The minimum Gasteiger partial charge on any atom is -0.483 e. The Morgan fingerprint density at radius 3 is 2.90 bits per heavy atom. The third-order valence-corrected chi connectivity index (χ3v) is 6.60. The van der Waals surface area contributed by atoms with Crippen LogP contribution in [0.3, 0.4) is 0 Å². The van der Waals surface area contributed by atoms with Crippen molar-refractivity contribution >= 4 is 54.7 Å². The van der Waals surface area contributed by atoms with Gasteiger partial charge in [-0.15, -0.1) is 22.7 Å². The average Bonchev–Trinajstić information content (AvgIpc) is 3.45. The Kier molecular flexibility index (Phi) is 4.68. The predicted molar refractivity (Wildman–Crippen MR) is 120 cm³/mol. The molecule has 30 heavy (non-hydrogen) atoms. The van der Waals surface area contributed by atoms with E-state index in [1.807, 2.05) is 43.5 Å². The zero-order valence-electron chi connectivity index (χ0n) is 16.2. The number of ether oxygens (including phenoxy) is 1. The van der Waals surface area contributed by atoms with E-state index in [4.69, 9.17) is 4.74 Å². The molecule has 7 nitrogen and oxygen atoms in total. The second-order valence-corrected chi connectivity index (χ2v) is 8.91. The first kappa shape index (κ1) is 18.7. The lowest BCUT2D eigenvalue weighted by Gasteiger charge is -2.08. The number of aryl methyl sites for hydroxylation is 1. The molecule has 0 spiro atoms. The Morgan fingerprint density at radius 2 is 2.07 bits per heavy atom. The Labute approximate surface area is 179 Å². The summed E-state index contributed by atoms with van der Waals surface area (Å²) in [6, 6.07) is 7.74. The zero-order valence-corrected chi connectivity index (χ0v) is 17.9. The molecule has 150 valence electrons. The number of aromatic amines is 1. The summed E-state index contributed by atoms with van der Waals surface area (Å²) in [7, 11) is 0. The summed E-state index contributed by atoms with van der Waals surface area (Å²) >= 11 is 3.25. The Hall–Kier alpha value is -3.30. The van der Waals surface area contributed by atoms with Crippen molar-refractivity contribution in [2.24, 2.45) is 0 Å². The second-order valence-electron chi connectivity index (χ2n) is 6.76. The fourth-order valence-electron chi connectivity index (χ4n) is 3.34. The number of aromatic nitrogens is 4. The maximum Gasteiger partial charge on any atom is 0.263 e. The molecule has 5 rings (SSSR count). The molecule has 5 aromatic rings. The number of fused-ring (bicyclic) bond motifs is 3. The fourth-order valence-corrected chi connectivity index (χ4v) is 5.17. The van der Waals surface area contributed by atoms with Crippen LogP contribution in [0.4, 0.5) is 5.82 Å². The number of hydrogen-bond donors (Lipinski definition) is 2. The summed E-state index contributed by atoms with van der Waals surface area (Å²) in [6.45, 7) is 3.79. The minimum atomic E-state index is -0.269. The van der Waals surface area contributed by atoms with Crippen LogP contribution in [0.25, 0.3) is 31.6 Å². The number of nitrogens with zero attached hydrogens (tertiary/aromatic N) is 3. The predicted octanol–water partition coefficient (Wildman–Crippen LogP) is 4.93. The van der Waals surface area contributed by atoms with Gasteiger partial charge in [0.05, 0.1) is 25.6 Å². The van der Waals surface area contributed by atoms with Crippen LogP contribution in [-0.2, 0) is 4.79 Å². The SMILES string of the molecule is Cc1nc2c(cc(OCC(=O)Nc3n[nH]c(-c4ccncc4)c3C)c3ccsc32)s1. The fraction of sp³-hybridized carbons (Fsp3) is 0.143. The van der Waals surface area contributed by atoms with Crippen molar-refractivity contribution in [1.82, 2.24) is 20.2 Å². The number of hydrogen-bond acceptors (Lipinski definition) is 7. The summed E-state index contributed by atoms with van der Waals surface area (Å²) in [4.78, 5) is 21.2. The van der Waals surface area contributed by atoms with Gasteiger partial charge >= 0.3 is 0 Å². The number of carbonyl (C=O) groups is 1. The summed E-state index contributed by atoms with van der Waals surface area (Å²) in [5, 5.41) is 14.0. The van der Waals surface area contributed by atoms with Crippen LogP contribution in [0, 0.1) is 13.8 Å². The molecule has 0 aliphatic heterocycles. The van der Waals surface area contributed by atoms with Gasteiger partial charge in [-0.3, -0.25) is 14.9 Å². The average molecular weight is 436 g/mol. The molecular formula is C21H17N5O2S2. The maximum absolute atomic E-state index is 12.5. The smallest absolute Gasteiger partial charge is 0.263 e. The van der Waals surface area contributed by atoms with E-state index in [-0.39, 0.29) is 12.5 Å². The van der Waals surface area contributed by atoms with Gasteiger partial charge in [0, 0.05) is 35.0 Å². The van der Waals surface area contributed by atoms with Gasteiger partial charge in [0.25, 0.3) is 5.91 Å². The van der Waals surface area contributed by atoms with E-state index < -0.39 is 0 Å². The highest BCUT2D eigenvalue weighted by atomic mass is 32.1. The molecule has 0 unspecified atom stereocenters.